The molecule has 1 aromatic heterocycles. The second-order valence-electron chi connectivity index (χ2n) is 3.01. The van der Waals surface area contributed by atoms with Crippen molar-refractivity contribution in [1.29, 1.82) is 0 Å². The smallest absolute Gasteiger partial charge is 0.0679 e. The van der Waals surface area contributed by atoms with Gasteiger partial charge in [-0.05, 0) is 30.9 Å². The molecule has 0 aromatic carbocycles. The molecule has 68 valence electrons. The largest absolute Gasteiger partial charge is 0.357 e. The monoisotopic (exact) mass is 168 g/mol. The summed E-state index contributed by atoms with van der Waals surface area (Å²) in [6.45, 7) is 0.660. The minimum absolute atomic E-state index is 0.660. The SMILES string of the molecule is Cn1ccc(CCCCON)c1. The Morgan fingerprint density at radius 3 is 2.92 bits per heavy atom. The highest BCUT2D eigenvalue weighted by Crippen LogP contribution is 2.04. The fourth-order valence-electron chi connectivity index (χ4n) is 1.22. The molecule has 3 nitrogen and oxygen atoms in total. The molecule has 0 aliphatic heterocycles. The van der Waals surface area contributed by atoms with Gasteiger partial charge in [-0.3, -0.25) is 0 Å². The quantitative estimate of drug-likeness (QED) is 0.530. The summed E-state index contributed by atoms with van der Waals surface area (Å²) in [6.07, 6.45) is 7.49. The Bertz CT molecular complexity index is 220. The molecule has 1 rings (SSSR count). The minimum atomic E-state index is 0.660. The zero-order valence-electron chi connectivity index (χ0n) is 7.49. The third kappa shape index (κ3) is 3.07. The van der Waals surface area contributed by atoms with Crippen molar-refractivity contribution in [2.75, 3.05) is 6.61 Å². The molecule has 0 spiro atoms. The van der Waals surface area contributed by atoms with Gasteiger partial charge in [0.25, 0.3) is 0 Å². The number of nitrogens with two attached hydrogens (primary N) is 1. The summed E-state index contributed by atoms with van der Waals surface area (Å²) in [4.78, 5) is 4.48. The topological polar surface area (TPSA) is 40.2 Å². The van der Waals surface area contributed by atoms with E-state index in [1.807, 2.05) is 7.05 Å². The summed E-state index contributed by atoms with van der Waals surface area (Å²) < 4.78 is 2.06. The summed E-state index contributed by atoms with van der Waals surface area (Å²) >= 11 is 0. The third-order valence-electron chi connectivity index (χ3n) is 1.87. The zero-order valence-corrected chi connectivity index (χ0v) is 7.49. The van der Waals surface area contributed by atoms with E-state index in [-0.39, 0.29) is 0 Å². The van der Waals surface area contributed by atoms with Crippen molar-refractivity contribution in [2.24, 2.45) is 12.9 Å². The van der Waals surface area contributed by atoms with E-state index in [9.17, 15) is 0 Å². The van der Waals surface area contributed by atoms with E-state index in [1.54, 1.807) is 0 Å². The number of hydrogen-bond acceptors (Lipinski definition) is 2. The molecule has 0 atom stereocenters. The first kappa shape index (κ1) is 9.29. The highest BCUT2D eigenvalue weighted by molar-refractivity contribution is 5.09. The molecule has 0 saturated heterocycles. The van der Waals surface area contributed by atoms with Crippen molar-refractivity contribution >= 4 is 0 Å². The first-order chi connectivity index (χ1) is 5.83. The molecule has 1 aromatic rings. The van der Waals surface area contributed by atoms with Gasteiger partial charge >= 0.3 is 0 Å². The van der Waals surface area contributed by atoms with Gasteiger partial charge in [-0.25, -0.2) is 5.90 Å². The zero-order chi connectivity index (χ0) is 8.81. The van der Waals surface area contributed by atoms with Crippen LogP contribution in [-0.4, -0.2) is 11.2 Å². The van der Waals surface area contributed by atoms with E-state index in [4.69, 9.17) is 5.90 Å². The van der Waals surface area contributed by atoms with E-state index >= 15 is 0 Å². The summed E-state index contributed by atoms with van der Waals surface area (Å²) in [5, 5.41) is 0. The molecule has 1 heterocycles. The molecule has 0 aliphatic carbocycles. The van der Waals surface area contributed by atoms with Crippen molar-refractivity contribution in [3.05, 3.63) is 24.0 Å². The van der Waals surface area contributed by atoms with Crippen molar-refractivity contribution in [1.82, 2.24) is 4.57 Å². The Morgan fingerprint density at radius 2 is 2.33 bits per heavy atom. The summed E-state index contributed by atoms with van der Waals surface area (Å²) in [5.74, 6) is 4.91. The Hall–Kier alpha value is -0.800. The number of aryl methyl sites for hydroxylation is 2. The second kappa shape index (κ2) is 4.95. The Kier molecular flexibility index (Phi) is 3.84. The molecule has 0 aliphatic rings. The first-order valence-corrected chi connectivity index (χ1v) is 4.25. The van der Waals surface area contributed by atoms with E-state index < -0.39 is 0 Å². The van der Waals surface area contributed by atoms with Crippen LogP contribution in [-0.2, 0) is 18.3 Å². The van der Waals surface area contributed by atoms with E-state index in [2.05, 4.69) is 27.9 Å². The molecule has 0 bridgehead atoms. The molecule has 0 fully saturated rings. The van der Waals surface area contributed by atoms with Crippen LogP contribution in [0.4, 0.5) is 0 Å². The summed E-state index contributed by atoms with van der Waals surface area (Å²) in [5.41, 5.74) is 1.38. The lowest BCUT2D eigenvalue weighted by Gasteiger charge is -1.97. The molecule has 0 saturated carbocycles. The van der Waals surface area contributed by atoms with Crippen molar-refractivity contribution < 1.29 is 4.84 Å². The fraction of sp³-hybridized carbons (Fsp3) is 0.556. The van der Waals surface area contributed by atoms with Crippen molar-refractivity contribution in [3.63, 3.8) is 0 Å². The highest BCUT2D eigenvalue weighted by Gasteiger charge is 1.94. The predicted molar refractivity (Wildman–Crippen MR) is 48.5 cm³/mol. The fourth-order valence-corrected chi connectivity index (χ4v) is 1.22. The van der Waals surface area contributed by atoms with Gasteiger partial charge in [0.05, 0.1) is 6.61 Å². The molecular formula is C9H16N2O. The second-order valence-corrected chi connectivity index (χ2v) is 3.01. The molecular weight excluding hydrogens is 152 g/mol. The lowest BCUT2D eigenvalue weighted by molar-refractivity contribution is 0.134. The number of aromatic nitrogens is 1. The van der Waals surface area contributed by atoms with Crippen LogP contribution in [0.3, 0.4) is 0 Å². The molecule has 0 amide bonds. The maximum absolute atomic E-state index is 4.91. The van der Waals surface area contributed by atoms with Crippen LogP contribution in [0.2, 0.25) is 0 Å². The van der Waals surface area contributed by atoms with E-state index in [0.29, 0.717) is 6.61 Å². The van der Waals surface area contributed by atoms with Gasteiger partial charge in [0.1, 0.15) is 0 Å². The molecule has 12 heavy (non-hydrogen) atoms. The Morgan fingerprint density at radius 1 is 1.50 bits per heavy atom. The molecule has 2 N–H and O–H groups in total. The van der Waals surface area contributed by atoms with Crippen molar-refractivity contribution in [3.8, 4) is 0 Å². The van der Waals surface area contributed by atoms with Gasteiger partial charge in [0, 0.05) is 19.4 Å². The van der Waals surface area contributed by atoms with Crippen LogP contribution in [0.15, 0.2) is 18.5 Å². The van der Waals surface area contributed by atoms with Gasteiger partial charge in [-0.2, -0.15) is 0 Å². The summed E-state index contributed by atoms with van der Waals surface area (Å²) in [7, 11) is 2.03. The summed E-state index contributed by atoms with van der Waals surface area (Å²) in [6, 6.07) is 2.14. The van der Waals surface area contributed by atoms with Gasteiger partial charge < -0.3 is 9.40 Å². The minimum Gasteiger partial charge on any atom is -0.357 e. The number of unbranched alkanes of at least 4 members (excludes halogenated alkanes) is 1. The predicted octanol–water partition coefficient (Wildman–Crippen LogP) is 1.24. The van der Waals surface area contributed by atoms with Gasteiger partial charge in [0.2, 0.25) is 0 Å². The standard InChI is InChI=1S/C9H16N2O/c1-11-6-5-9(8-11)4-2-3-7-12-10/h5-6,8H,2-4,7,10H2,1H3. The van der Waals surface area contributed by atoms with Crippen LogP contribution in [0.1, 0.15) is 18.4 Å². The highest BCUT2D eigenvalue weighted by atomic mass is 16.6. The number of rotatable bonds is 5. The average molecular weight is 168 g/mol. The number of hydrogen-bond donors (Lipinski definition) is 1. The van der Waals surface area contributed by atoms with Gasteiger partial charge in [-0.15, -0.1) is 0 Å². The van der Waals surface area contributed by atoms with Crippen LogP contribution in [0.25, 0.3) is 0 Å². The van der Waals surface area contributed by atoms with Crippen molar-refractivity contribution in [2.45, 2.75) is 19.3 Å². The first-order valence-electron chi connectivity index (χ1n) is 4.25. The van der Waals surface area contributed by atoms with E-state index in [1.165, 1.54) is 5.56 Å². The maximum Gasteiger partial charge on any atom is 0.0679 e. The Balaban J connectivity index is 2.15. The average Bonchev–Trinajstić information content (AvgIpc) is 2.45. The lowest BCUT2D eigenvalue weighted by atomic mass is 10.1. The Labute approximate surface area is 73.1 Å². The normalized spacial score (nSPS) is 10.5. The van der Waals surface area contributed by atoms with Gasteiger partial charge in [-0.1, -0.05) is 0 Å². The molecule has 3 heteroatoms. The van der Waals surface area contributed by atoms with Crippen LogP contribution < -0.4 is 5.90 Å². The lowest BCUT2D eigenvalue weighted by Crippen LogP contribution is -2.00. The van der Waals surface area contributed by atoms with Crippen LogP contribution in [0.5, 0.6) is 0 Å². The molecule has 0 unspecified atom stereocenters. The van der Waals surface area contributed by atoms with E-state index in [0.717, 1.165) is 19.3 Å². The van der Waals surface area contributed by atoms with Gasteiger partial charge in [0.15, 0.2) is 0 Å². The maximum atomic E-state index is 4.91. The van der Waals surface area contributed by atoms with Crippen LogP contribution in [0, 0.1) is 0 Å². The van der Waals surface area contributed by atoms with Crippen LogP contribution >= 0.6 is 0 Å². The number of nitrogens with zero attached hydrogens (tertiary/aromatic N) is 1. The third-order valence-corrected chi connectivity index (χ3v) is 1.87. The molecule has 0 radical (unpaired) electrons.